The van der Waals surface area contributed by atoms with Gasteiger partial charge in [-0.15, -0.1) is 11.3 Å². The van der Waals surface area contributed by atoms with Gasteiger partial charge in [-0.05, 0) is 13.0 Å². The highest BCUT2D eigenvalue weighted by Gasteiger charge is 2.41. The zero-order valence-electron chi connectivity index (χ0n) is 20.8. The van der Waals surface area contributed by atoms with Crippen LogP contribution in [-0.4, -0.2) is 75.8 Å². The van der Waals surface area contributed by atoms with Crippen LogP contribution in [0.5, 0.6) is 0 Å². The van der Waals surface area contributed by atoms with Gasteiger partial charge in [-0.1, -0.05) is 0 Å². The normalized spacial score (nSPS) is 11.1. The fourth-order valence-corrected chi connectivity index (χ4v) is 4.46. The van der Waals surface area contributed by atoms with Crippen LogP contribution in [0.1, 0.15) is 43.0 Å². The van der Waals surface area contributed by atoms with E-state index in [2.05, 4.69) is 30.9 Å². The second-order valence-electron chi connectivity index (χ2n) is 7.77. The second-order valence-corrected chi connectivity index (χ2v) is 8.77. The number of carboxylic acid groups (broad SMARTS) is 2. The molecule has 3 heterocycles. The molecule has 3 amide bonds. The van der Waals surface area contributed by atoms with Crippen molar-refractivity contribution in [1.82, 2.24) is 25.6 Å². The van der Waals surface area contributed by atoms with Gasteiger partial charge in [-0.2, -0.15) is 13.2 Å². The number of carbonyl (C=O) groups excluding carboxylic acids is 2. The smallest absolute Gasteiger partial charge is 0.435 e. The largest absolute Gasteiger partial charge is 0.478 e. The van der Waals surface area contributed by atoms with Gasteiger partial charge in [0.05, 0.1) is 12.2 Å². The number of aromatic nitrogens is 3. The summed E-state index contributed by atoms with van der Waals surface area (Å²) in [6.45, 7) is 1.65. The number of carbonyl (C=O) groups is 4. The Hall–Kier alpha value is -4.64. The standard InChI is InChI=1S/C23H21F3N6O7S/c1-3-28-22(38)32-17-14(21(36)37)13(12(9-30-17)10-6-11(20(34)35)8-27-7-10)19-31-16(23(24,25)26)15(40-19)18(33)29-4-5-39-2/h6-9H,3-5H2,1-2H3,(H,29,33)(H,34,35)(H,36,37)(H2,28,30,32,38). The molecule has 13 nitrogen and oxygen atoms in total. The number of carboxylic acids is 2. The molecule has 0 unspecified atom stereocenters. The van der Waals surface area contributed by atoms with Gasteiger partial charge < -0.3 is 25.6 Å². The maximum atomic E-state index is 14.0. The average molecular weight is 583 g/mol. The van der Waals surface area contributed by atoms with E-state index in [-0.39, 0.29) is 47.7 Å². The average Bonchev–Trinajstić information content (AvgIpc) is 3.35. The Bertz CT molecular complexity index is 1460. The van der Waals surface area contributed by atoms with E-state index >= 15 is 0 Å². The first-order chi connectivity index (χ1) is 18.9. The number of nitrogens with one attached hydrogen (secondary N) is 3. The van der Waals surface area contributed by atoms with Gasteiger partial charge >= 0.3 is 24.1 Å². The van der Waals surface area contributed by atoms with Crippen LogP contribution < -0.4 is 16.0 Å². The molecule has 3 aromatic rings. The molecule has 0 aromatic carbocycles. The topological polar surface area (TPSA) is 193 Å². The third-order valence-electron chi connectivity index (χ3n) is 5.07. The second kappa shape index (κ2) is 12.5. The summed E-state index contributed by atoms with van der Waals surface area (Å²) in [4.78, 5) is 59.3. The zero-order chi connectivity index (χ0) is 29.6. The van der Waals surface area contributed by atoms with Crippen LogP contribution in [0.3, 0.4) is 0 Å². The maximum Gasteiger partial charge on any atom is 0.435 e. The first-order valence-corrected chi connectivity index (χ1v) is 12.1. The fourth-order valence-electron chi connectivity index (χ4n) is 3.39. The van der Waals surface area contributed by atoms with Gasteiger partial charge in [0.1, 0.15) is 21.3 Å². The number of urea groups is 1. The van der Waals surface area contributed by atoms with Crippen molar-refractivity contribution in [3.63, 3.8) is 0 Å². The predicted octanol–water partition coefficient (Wildman–Crippen LogP) is 3.20. The molecule has 0 aliphatic rings. The lowest BCUT2D eigenvalue weighted by molar-refractivity contribution is -0.141. The number of methoxy groups -OCH3 is 1. The minimum atomic E-state index is -5.11. The molecule has 0 radical (unpaired) electrons. The van der Waals surface area contributed by atoms with Crippen molar-refractivity contribution in [3.8, 4) is 21.7 Å². The number of ether oxygens (including phenoxy) is 1. The summed E-state index contributed by atoms with van der Waals surface area (Å²) in [6.07, 6.45) is -1.92. The van der Waals surface area contributed by atoms with Crippen molar-refractivity contribution in [1.29, 1.82) is 0 Å². The number of hydrogen-bond donors (Lipinski definition) is 5. The molecule has 0 aliphatic carbocycles. The molecular formula is C23H21F3N6O7S. The summed E-state index contributed by atoms with van der Waals surface area (Å²) in [6, 6.07) is 0.258. The van der Waals surface area contributed by atoms with Crippen LogP contribution in [-0.2, 0) is 10.9 Å². The van der Waals surface area contributed by atoms with Gasteiger partial charge in [0.2, 0.25) is 0 Å². The van der Waals surface area contributed by atoms with Crippen LogP contribution in [0.25, 0.3) is 21.7 Å². The number of anilines is 1. The lowest BCUT2D eigenvalue weighted by Gasteiger charge is -2.15. The molecule has 3 rings (SSSR count). The Balaban J connectivity index is 2.36. The lowest BCUT2D eigenvalue weighted by Crippen LogP contribution is -2.29. The first-order valence-electron chi connectivity index (χ1n) is 11.2. The van der Waals surface area contributed by atoms with Crippen LogP contribution >= 0.6 is 11.3 Å². The number of halogens is 3. The SMILES string of the molecule is CCNC(=O)Nc1ncc(-c2cncc(C(=O)O)c2)c(-c2nc(C(F)(F)F)c(C(=O)NCCOC)s2)c1C(=O)O. The van der Waals surface area contributed by atoms with Crippen LogP contribution in [0.2, 0.25) is 0 Å². The maximum absolute atomic E-state index is 14.0. The predicted molar refractivity (Wildman–Crippen MR) is 134 cm³/mol. The Labute approximate surface area is 227 Å². The monoisotopic (exact) mass is 582 g/mol. The molecule has 0 aliphatic heterocycles. The van der Waals surface area contributed by atoms with Crippen LogP contribution in [0, 0.1) is 0 Å². The van der Waals surface area contributed by atoms with Crippen molar-refractivity contribution < 1.29 is 47.3 Å². The summed E-state index contributed by atoms with van der Waals surface area (Å²) >= 11 is 0.254. The Kier molecular flexibility index (Phi) is 9.33. The van der Waals surface area contributed by atoms with E-state index in [1.54, 1.807) is 6.92 Å². The van der Waals surface area contributed by atoms with Crippen molar-refractivity contribution in [2.24, 2.45) is 0 Å². The number of pyridine rings is 2. The molecule has 40 heavy (non-hydrogen) atoms. The lowest BCUT2D eigenvalue weighted by atomic mass is 9.97. The van der Waals surface area contributed by atoms with E-state index in [1.165, 1.54) is 7.11 Å². The summed E-state index contributed by atoms with van der Waals surface area (Å²) in [7, 11) is 1.33. The third kappa shape index (κ3) is 6.67. The van der Waals surface area contributed by atoms with E-state index < -0.39 is 62.6 Å². The molecule has 212 valence electrons. The molecule has 0 fully saturated rings. The summed E-state index contributed by atoms with van der Waals surface area (Å²) < 4.78 is 46.7. The number of alkyl halides is 3. The first kappa shape index (κ1) is 29.9. The minimum Gasteiger partial charge on any atom is -0.478 e. The molecule has 5 N–H and O–H groups in total. The minimum absolute atomic E-state index is 0.0121. The Morgan fingerprint density at radius 2 is 1.80 bits per heavy atom. The molecule has 3 aromatic heterocycles. The van der Waals surface area contributed by atoms with E-state index in [9.17, 15) is 42.6 Å². The molecular weight excluding hydrogens is 561 g/mol. The van der Waals surface area contributed by atoms with Gasteiger partial charge in [-0.25, -0.2) is 24.4 Å². The van der Waals surface area contributed by atoms with Crippen molar-refractivity contribution in [2.45, 2.75) is 13.1 Å². The molecule has 0 spiro atoms. The summed E-state index contributed by atoms with van der Waals surface area (Å²) in [5.41, 5.74) is -3.27. The van der Waals surface area contributed by atoms with E-state index in [4.69, 9.17) is 4.74 Å². The molecule has 0 saturated carbocycles. The van der Waals surface area contributed by atoms with Crippen molar-refractivity contribution in [3.05, 3.63) is 46.4 Å². The van der Waals surface area contributed by atoms with Crippen molar-refractivity contribution >= 4 is 41.0 Å². The molecule has 0 bridgehead atoms. The van der Waals surface area contributed by atoms with Crippen molar-refractivity contribution in [2.75, 3.05) is 32.1 Å². The quantitative estimate of drug-likeness (QED) is 0.222. The van der Waals surface area contributed by atoms with E-state index in [0.717, 1.165) is 24.7 Å². The summed E-state index contributed by atoms with van der Waals surface area (Å²) in [5.74, 6) is -4.74. The van der Waals surface area contributed by atoms with Crippen LogP contribution in [0.15, 0.2) is 24.7 Å². The van der Waals surface area contributed by atoms with E-state index in [1.807, 2.05) is 0 Å². The number of thiazole rings is 1. The number of hydrogen-bond acceptors (Lipinski definition) is 9. The van der Waals surface area contributed by atoms with Gasteiger partial charge in [-0.3, -0.25) is 15.1 Å². The number of aromatic carboxylic acids is 2. The Morgan fingerprint density at radius 1 is 1.07 bits per heavy atom. The highest BCUT2D eigenvalue weighted by atomic mass is 32.1. The van der Waals surface area contributed by atoms with Gasteiger partial charge in [0.25, 0.3) is 5.91 Å². The zero-order valence-corrected chi connectivity index (χ0v) is 21.6. The molecule has 0 saturated heterocycles. The van der Waals surface area contributed by atoms with Gasteiger partial charge in [0.15, 0.2) is 5.69 Å². The third-order valence-corrected chi connectivity index (χ3v) is 6.14. The highest BCUT2D eigenvalue weighted by Crippen LogP contribution is 2.43. The fraction of sp³-hybridized carbons (Fsp3) is 0.261. The number of nitrogens with zero attached hydrogens (tertiary/aromatic N) is 3. The number of rotatable bonds is 10. The van der Waals surface area contributed by atoms with Crippen LogP contribution in [0.4, 0.5) is 23.8 Å². The molecule has 0 atom stereocenters. The van der Waals surface area contributed by atoms with E-state index in [0.29, 0.717) is 0 Å². The number of amides is 3. The Morgan fingerprint density at radius 3 is 2.40 bits per heavy atom. The highest BCUT2D eigenvalue weighted by molar-refractivity contribution is 7.17. The van der Waals surface area contributed by atoms with Gasteiger partial charge in [0, 0.05) is 55.5 Å². The summed E-state index contributed by atoms with van der Waals surface area (Å²) in [5, 5.41) is 25.8. The molecule has 17 heteroatoms.